The summed E-state index contributed by atoms with van der Waals surface area (Å²) in [4.78, 5) is 24.6. The summed E-state index contributed by atoms with van der Waals surface area (Å²) in [6.07, 6.45) is 6.49. The van der Waals surface area contributed by atoms with E-state index in [0.717, 1.165) is 16.8 Å². The number of rotatable bonds is 5. The Morgan fingerprint density at radius 2 is 1.83 bits per heavy atom. The summed E-state index contributed by atoms with van der Waals surface area (Å²) in [5, 5.41) is 5.99. The second-order valence-corrected chi connectivity index (χ2v) is 5.26. The molecule has 0 unspecified atom stereocenters. The normalized spacial score (nSPS) is 10.2. The van der Waals surface area contributed by atoms with E-state index in [1.807, 2.05) is 43.3 Å². The maximum atomic E-state index is 12.2. The van der Waals surface area contributed by atoms with Gasteiger partial charge in [-0.25, -0.2) is 9.97 Å². The van der Waals surface area contributed by atoms with Crippen LogP contribution in [0.5, 0.6) is 0 Å². The molecule has 0 radical (unpaired) electrons. The van der Waals surface area contributed by atoms with Crippen LogP contribution in [0.4, 0.5) is 11.5 Å². The molecule has 120 valence electrons. The zero-order valence-electron chi connectivity index (χ0n) is 13.2. The number of anilines is 2. The van der Waals surface area contributed by atoms with Crippen molar-refractivity contribution < 1.29 is 4.79 Å². The SMILES string of the molecule is Cc1ccccc1NC(=O)c1cnc(NCc2ccncc2)cn1. The minimum atomic E-state index is -0.280. The lowest BCUT2D eigenvalue weighted by atomic mass is 10.2. The molecule has 0 fully saturated rings. The number of benzene rings is 1. The fourth-order valence-electron chi connectivity index (χ4n) is 2.13. The summed E-state index contributed by atoms with van der Waals surface area (Å²) in [6.45, 7) is 2.55. The second-order valence-electron chi connectivity index (χ2n) is 5.26. The van der Waals surface area contributed by atoms with Gasteiger partial charge in [0, 0.05) is 24.6 Å². The monoisotopic (exact) mass is 319 g/mol. The van der Waals surface area contributed by atoms with E-state index in [1.165, 1.54) is 6.20 Å². The number of amides is 1. The molecule has 0 atom stereocenters. The molecule has 2 heterocycles. The van der Waals surface area contributed by atoms with Crippen LogP contribution in [0.15, 0.2) is 61.2 Å². The highest BCUT2D eigenvalue weighted by molar-refractivity contribution is 6.03. The number of nitrogens with zero attached hydrogens (tertiary/aromatic N) is 3. The minimum absolute atomic E-state index is 0.271. The average Bonchev–Trinajstić information content (AvgIpc) is 2.63. The van der Waals surface area contributed by atoms with E-state index >= 15 is 0 Å². The molecule has 2 aromatic heterocycles. The first-order valence-electron chi connectivity index (χ1n) is 7.54. The predicted molar refractivity (Wildman–Crippen MR) is 92.7 cm³/mol. The summed E-state index contributed by atoms with van der Waals surface area (Å²) in [7, 11) is 0. The third-order valence-electron chi connectivity index (χ3n) is 3.50. The molecule has 0 spiro atoms. The highest BCUT2D eigenvalue weighted by Gasteiger charge is 2.09. The van der Waals surface area contributed by atoms with Gasteiger partial charge in [-0.3, -0.25) is 9.78 Å². The fourth-order valence-corrected chi connectivity index (χ4v) is 2.13. The molecule has 0 aliphatic carbocycles. The van der Waals surface area contributed by atoms with Crippen LogP contribution < -0.4 is 10.6 Å². The number of aromatic nitrogens is 3. The van der Waals surface area contributed by atoms with E-state index < -0.39 is 0 Å². The van der Waals surface area contributed by atoms with Gasteiger partial charge in [-0.1, -0.05) is 18.2 Å². The molecule has 0 aliphatic rings. The van der Waals surface area contributed by atoms with Gasteiger partial charge in [-0.05, 0) is 36.2 Å². The Kier molecular flexibility index (Phi) is 4.76. The number of carbonyl (C=O) groups excluding carboxylic acids is 1. The lowest BCUT2D eigenvalue weighted by molar-refractivity contribution is 0.102. The zero-order valence-corrected chi connectivity index (χ0v) is 13.2. The third kappa shape index (κ3) is 3.92. The number of hydrogen-bond acceptors (Lipinski definition) is 5. The van der Waals surface area contributed by atoms with Crippen molar-refractivity contribution in [2.24, 2.45) is 0 Å². The van der Waals surface area contributed by atoms with Crippen molar-refractivity contribution in [1.29, 1.82) is 0 Å². The highest BCUT2D eigenvalue weighted by Crippen LogP contribution is 2.14. The van der Waals surface area contributed by atoms with E-state index in [1.54, 1.807) is 18.6 Å². The van der Waals surface area contributed by atoms with Crippen LogP contribution in [0.3, 0.4) is 0 Å². The Bertz CT molecular complexity index is 818. The number of aryl methyl sites for hydroxylation is 1. The summed E-state index contributed by atoms with van der Waals surface area (Å²) in [5.41, 5.74) is 3.12. The summed E-state index contributed by atoms with van der Waals surface area (Å²) >= 11 is 0. The van der Waals surface area contributed by atoms with Crippen LogP contribution in [0, 0.1) is 6.92 Å². The van der Waals surface area contributed by atoms with Gasteiger partial charge < -0.3 is 10.6 Å². The molecular formula is C18H17N5O. The Balaban J connectivity index is 1.61. The molecule has 3 rings (SSSR count). The summed E-state index contributed by atoms with van der Waals surface area (Å²) in [5.74, 6) is 0.330. The molecule has 1 amide bonds. The fraction of sp³-hybridized carbons (Fsp3) is 0.111. The minimum Gasteiger partial charge on any atom is -0.365 e. The quantitative estimate of drug-likeness (QED) is 0.755. The van der Waals surface area contributed by atoms with Crippen molar-refractivity contribution in [3.63, 3.8) is 0 Å². The maximum absolute atomic E-state index is 12.2. The van der Waals surface area contributed by atoms with Crippen molar-refractivity contribution >= 4 is 17.4 Å². The van der Waals surface area contributed by atoms with Gasteiger partial charge >= 0.3 is 0 Å². The largest absolute Gasteiger partial charge is 0.365 e. The molecule has 1 aromatic carbocycles. The molecule has 0 aliphatic heterocycles. The highest BCUT2D eigenvalue weighted by atomic mass is 16.1. The van der Waals surface area contributed by atoms with Crippen molar-refractivity contribution in [2.45, 2.75) is 13.5 Å². The van der Waals surface area contributed by atoms with Crippen LogP contribution in [-0.2, 0) is 6.54 Å². The zero-order chi connectivity index (χ0) is 16.8. The van der Waals surface area contributed by atoms with E-state index in [-0.39, 0.29) is 11.6 Å². The molecule has 0 saturated carbocycles. The Labute approximate surface area is 140 Å². The van der Waals surface area contributed by atoms with Crippen molar-refractivity contribution in [1.82, 2.24) is 15.0 Å². The van der Waals surface area contributed by atoms with Gasteiger partial charge in [-0.15, -0.1) is 0 Å². The molecule has 2 N–H and O–H groups in total. The van der Waals surface area contributed by atoms with E-state index in [2.05, 4.69) is 25.6 Å². The van der Waals surface area contributed by atoms with Gasteiger partial charge in [-0.2, -0.15) is 0 Å². The Morgan fingerprint density at radius 1 is 1.04 bits per heavy atom. The number of pyridine rings is 1. The molecule has 3 aromatic rings. The molecule has 24 heavy (non-hydrogen) atoms. The van der Waals surface area contributed by atoms with Gasteiger partial charge in [0.25, 0.3) is 5.91 Å². The standard InChI is InChI=1S/C18H17N5O/c1-13-4-2-3-5-15(13)23-18(24)16-11-22-17(12-20-16)21-10-14-6-8-19-9-7-14/h2-9,11-12H,10H2,1H3,(H,21,22)(H,23,24). The van der Waals surface area contributed by atoms with Crippen LogP contribution >= 0.6 is 0 Å². The summed E-state index contributed by atoms with van der Waals surface area (Å²) in [6, 6.07) is 11.4. The van der Waals surface area contributed by atoms with Crippen molar-refractivity contribution in [3.05, 3.63) is 78.0 Å². The van der Waals surface area contributed by atoms with Crippen molar-refractivity contribution in [3.8, 4) is 0 Å². The van der Waals surface area contributed by atoms with Crippen molar-refractivity contribution in [2.75, 3.05) is 10.6 Å². The number of hydrogen-bond donors (Lipinski definition) is 2. The van der Waals surface area contributed by atoms with Crippen LogP contribution in [0.1, 0.15) is 21.6 Å². The van der Waals surface area contributed by atoms with Crippen LogP contribution in [-0.4, -0.2) is 20.9 Å². The lowest BCUT2D eigenvalue weighted by Gasteiger charge is -2.08. The van der Waals surface area contributed by atoms with Gasteiger partial charge in [0.2, 0.25) is 0 Å². The van der Waals surface area contributed by atoms with E-state index in [0.29, 0.717) is 12.4 Å². The average molecular weight is 319 g/mol. The molecule has 6 heteroatoms. The predicted octanol–water partition coefficient (Wildman–Crippen LogP) is 3.04. The first-order chi connectivity index (χ1) is 11.7. The van der Waals surface area contributed by atoms with Crippen LogP contribution in [0.25, 0.3) is 0 Å². The lowest BCUT2D eigenvalue weighted by Crippen LogP contribution is -2.15. The first-order valence-corrected chi connectivity index (χ1v) is 7.54. The Hall–Kier alpha value is -3.28. The van der Waals surface area contributed by atoms with Gasteiger partial charge in [0.05, 0.1) is 12.4 Å². The molecule has 0 saturated heterocycles. The van der Waals surface area contributed by atoms with E-state index in [4.69, 9.17) is 0 Å². The smallest absolute Gasteiger partial charge is 0.275 e. The number of carbonyl (C=O) groups is 1. The maximum Gasteiger partial charge on any atom is 0.275 e. The first kappa shape index (κ1) is 15.6. The third-order valence-corrected chi connectivity index (χ3v) is 3.50. The van der Waals surface area contributed by atoms with Crippen LogP contribution in [0.2, 0.25) is 0 Å². The molecular weight excluding hydrogens is 302 g/mol. The van der Waals surface area contributed by atoms with E-state index in [9.17, 15) is 4.79 Å². The molecule has 0 bridgehead atoms. The van der Waals surface area contributed by atoms with Gasteiger partial charge in [0.15, 0.2) is 0 Å². The Morgan fingerprint density at radius 3 is 2.54 bits per heavy atom. The van der Waals surface area contributed by atoms with Gasteiger partial charge in [0.1, 0.15) is 11.5 Å². The number of nitrogens with one attached hydrogen (secondary N) is 2. The summed E-state index contributed by atoms with van der Waals surface area (Å²) < 4.78 is 0. The number of para-hydroxylation sites is 1. The topological polar surface area (TPSA) is 79.8 Å². The molecule has 6 nitrogen and oxygen atoms in total. The second kappa shape index (κ2) is 7.32.